The van der Waals surface area contributed by atoms with Crippen molar-refractivity contribution in [2.75, 3.05) is 11.9 Å². The Balaban J connectivity index is 1.68. The number of carbonyl (C=O) groups excluding carboxylic acids is 2. The zero-order valence-electron chi connectivity index (χ0n) is 15.4. The molecule has 1 heterocycles. The highest BCUT2D eigenvalue weighted by Gasteiger charge is 2.24. The molecule has 0 atom stereocenters. The number of rotatable bonds is 7. The van der Waals surface area contributed by atoms with Crippen LogP contribution in [0.2, 0.25) is 0 Å². The van der Waals surface area contributed by atoms with Crippen LogP contribution in [-0.4, -0.2) is 18.4 Å². The summed E-state index contributed by atoms with van der Waals surface area (Å²) < 4.78 is 5.54. The molecule has 6 heteroatoms. The van der Waals surface area contributed by atoms with E-state index in [2.05, 4.69) is 12.2 Å². The van der Waals surface area contributed by atoms with Gasteiger partial charge in [0.25, 0.3) is 5.91 Å². The molecule has 2 amide bonds. The molecule has 0 saturated heterocycles. The number of hydrogen-bond acceptors (Lipinski definition) is 4. The normalized spacial score (nSPS) is 13.4. The molecule has 3 N–H and O–H groups in total. The number of nitrogens with one attached hydrogen (secondary N) is 1. The fourth-order valence-electron chi connectivity index (χ4n) is 3.14. The number of fused-ring (bicyclic) bond motifs is 1. The summed E-state index contributed by atoms with van der Waals surface area (Å²) in [4.78, 5) is 25.3. The Labute approximate surface area is 163 Å². The average Bonchev–Trinajstić information content (AvgIpc) is 3.03. The van der Waals surface area contributed by atoms with E-state index in [1.165, 1.54) is 17.4 Å². The molecule has 142 valence electrons. The zero-order chi connectivity index (χ0) is 19.2. The third kappa shape index (κ3) is 4.77. The summed E-state index contributed by atoms with van der Waals surface area (Å²) in [6, 6.07) is 7.55. The fourth-order valence-corrected chi connectivity index (χ4v) is 4.43. The highest BCUT2D eigenvalue weighted by atomic mass is 32.1. The number of amides is 2. The lowest BCUT2D eigenvalue weighted by molar-refractivity contribution is -0.111. The van der Waals surface area contributed by atoms with E-state index < -0.39 is 5.91 Å². The molecular formula is C21H24N2O3S. The highest BCUT2D eigenvalue weighted by Crippen LogP contribution is 2.37. The van der Waals surface area contributed by atoms with Crippen molar-refractivity contribution in [1.82, 2.24) is 0 Å². The van der Waals surface area contributed by atoms with Crippen molar-refractivity contribution in [2.24, 2.45) is 5.73 Å². The zero-order valence-corrected chi connectivity index (χ0v) is 16.2. The third-order valence-electron chi connectivity index (χ3n) is 4.43. The first kappa shape index (κ1) is 19.2. The van der Waals surface area contributed by atoms with Gasteiger partial charge < -0.3 is 15.8 Å². The van der Waals surface area contributed by atoms with Crippen molar-refractivity contribution in [3.63, 3.8) is 0 Å². The van der Waals surface area contributed by atoms with E-state index >= 15 is 0 Å². The van der Waals surface area contributed by atoms with Gasteiger partial charge in [-0.15, -0.1) is 11.3 Å². The molecule has 2 aromatic rings. The van der Waals surface area contributed by atoms with Crippen LogP contribution in [0.5, 0.6) is 5.75 Å². The Morgan fingerprint density at radius 1 is 1.22 bits per heavy atom. The largest absolute Gasteiger partial charge is 0.494 e. The summed E-state index contributed by atoms with van der Waals surface area (Å²) in [7, 11) is 0. The summed E-state index contributed by atoms with van der Waals surface area (Å²) in [5, 5.41) is 3.39. The second-order valence-electron chi connectivity index (χ2n) is 6.52. The van der Waals surface area contributed by atoms with Gasteiger partial charge in [-0.2, -0.15) is 0 Å². The smallest absolute Gasteiger partial charge is 0.251 e. The van der Waals surface area contributed by atoms with Gasteiger partial charge in [-0.1, -0.05) is 19.1 Å². The molecule has 1 aliphatic carbocycles. The summed E-state index contributed by atoms with van der Waals surface area (Å²) in [6.45, 7) is 2.74. The number of hydrogen-bond donors (Lipinski definition) is 2. The van der Waals surface area contributed by atoms with Crippen molar-refractivity contribution in [3.8, 4) is 5.75 Å². The van der Waals surface area contributed by atoms with Gasteiger partial charge in [0.1, 0.15) is 10.8 Å². The van der Waals surface area contributed by atoms with Gasteiger partial charge in [0.2, 0.25) is 5.91 Å². The molecule has 0 bridgehead atoms. The molecule has 1 aliphatic rings. The van der Waals surface area contributed by atoms with Crippen LogP contribution < -0.4 is 15.8 Å². The molecular weight excluding hydrogens is 360 g/mol. The van der Waals surface area contributed by atoms with Crippen LogP contribution in [0.25, 0.3) is 6.08 Å². The van der Waals surface area contributed by atoms with Crippen molar-refractivity contribution in [2.45, 2.75) is 39.0 Å². The number of primary amides is 1. The Hall–Kier alpha value is -2.60. The maximum atomic E-state index is 12.3. The van der Waals surface area contributed by atoms with E-state index in [4.69, 9.17) is 10.5 Å². The predicted octanol–water partition coefficient (Wildman–Crippen LogP) is 4.17. The molecule has 1 aromatic heterocycles. The average molecular weight is 385 g/mol. The number of anilines is 1. The molecule has 0 unspecified atom stereocenters. The van der Waals surface area contributed by atoms with E-state index in [1.54, 1.807) is 6.08 Å². The molecule has 5 nitrogen and oxygen atoms in total. The number of aryl methyl sites for hydroxylation is 1. The number of carbonyl (C=O) groups is 2. The van der Waals surface area contributed by atoms with Crippen molar-refractivity contribution in [1.29, 1.82) is 0 Å². The molecule has 0 spiro atoms. The minimum atomic E-state index is -0.476. The second-order valence-corrected chi connectivity index (χ2v) is 7.62. The van der Waals surface area contributed by atoms with Gasteiger partial charge >= 0.3 is 0 Å². The highest BCUT2D eigenvalue weighted by molar-refractivity contribution is 7.17. The summed E-state index contributed by atoms with van der Waals surface area (Å²) in [5.74, 6) is 0.0625. The van der Waals surface area contributed by atoms with Crippen molar-refractivity contribution >= 4 is 34.2 Å². The molecule has 27 heavy (non-hydrogen) atoms. The number of thiophene rings is 1. The van der Waals surface area contributed by atoms with Crippen LogP contribution in [0.4, 0.5) is 5.00 Å². The van der Waals surface area contributed by atoms with E-state index in [1.807, 2.05) is 24.3 Å². The van der Waals surface area contributed by atoms with Crippen molar-refractivity contribution < 1.29 is 14.3 Å². The molecule has 1 aromatic carbocycles. The lowest BCUT2D eigenvalue weighted by Gasteiger charge is -2.11. The van der Waals surface area contributed by atoms with Gasteiger partial charge in [-0.3, -0.25) is 9.59 Å². The quantitative estimate of drug-likeness (QED) is 0.703. The molecule has 3 rings (SSSR count). The lowest BCUT2D eigenvalue weighted by Crippen LogP contribution is -2.17. The molecule has 0 aliphatic heterocycles. The van der Waals surface area contributed by atoms with Crippen LogP contribution in [0, 0.1) is 0 Å². The Bertz CT molecular complexity index is 853. The summed E-state index contributed by atoms with van der Waals surface area (Å²) in [5.41, 5.74) is 7.95. The third-order valence-corrected chi connectivity index (χ3v) is 5.64. The summed E-state index contributed by atoms with van der Waals surface area (Å²) >= 11 is 1.47. The second kappa shape index (κ2) is 8.86. The monoisotopic (exact) mass is 384 g/mol. The number of ether oxygens (including phenoxy) is 1. The first-order valence-electron chi connectivity index (χ1n) is 9.24. The van der Waals surface area contributed by atoms with Gasteiger partial charge in [0.05, 0.1) is 12.2 Å². The van der Waals surface area contributed by atoms with Crippen LogP contribution in [0.15, 0.2) is 30.3 Å². The van der Waals surface area contributed by atoms with Crippen LogP contribution >= 0.6 is 11.3 Å². The lowest BCUT2D eigenvalue weighted by atomic mass is 9.95. The standard InChI is InChI=1S/C21H24N2O3S/c1-2-13-26-15-10-7-14(8-11-15)9-12-18(24)23-21-19(20(22)25)16-5-3-4-6-17(16)27-21/h7-12H,2-6,13H2,1H3,(H2,22,25)(H,23,24)/b12-9+. The van der Waals surface area contributed by atoms with Gasteiger partial charge in [-0.25, -0.2) is 0 Å². The van der Waals surface area contributed by atoms with E-state index in [0.717, 1.165) is 53.9 Å². The Kier molecular flexibility index (Phi) is 6.29. The predicted molar refractivity (Wildman–Crippen MR) is 109 cm³/mol. The van der Waals surface area contributed by atoms with E-state index in [9.17, 15) is 9.59 Å². The summed E-state index contributed by atoms with van der Waals surface area (Å²) in [6.07, 6.45) is 8.11. The SMILES string of the molecule is CCCOc1ccc(/C=C/C(=O)Nc2sc3c(c2C(N)=O)CCCC3)cc1. The topological polar surface area (TPSA) is 81.4 Å². The molecule has 0 saturated carbocycles. The first-order valence-corrected chi connectivity index (χ1v) is 10.1. The minimum absolute atomic E-state index is 0.276. The van der Waals surface area contributed by atoms with Gasteiger partial charge in [0, 0.05) is 11.0 Å². The van der Waals surface area contributed by atoms with Gasteiger partial charge in [0.15, 0.2) is 0 Å². The maximum absolute atomic E-state index is 12.3. The van der Waals surface area contributed by atoms with Crippen molar-refractivity contribution in [3.05, 3.63) is 51.9 Å². The van der Waals surface area contributed by atoms with Crippen LogP contribution in [0.1, 0.15) is 52.5 Å². The van der Waals surface area contributed by atoms with E-state index in [-0.39, 0.29) is 5.91 Å². The number of benzene rings is 1. The van der Waals surface area contributed by atoms with Gasteiger partial charge in [-0.05, 0) is 61.4 Å². The number of nitrogens with two attached hydrogens (primary N) is 1. The van der Waals surface area contributed by atoms with Crippen LogP contribution in [0.3, 0.4) is 0 Å². The molecule has 0 radical (unpaired) electrons. The first-order chi connectivity index (χ1) is 13.1. The minimum Gasteiger partial charge on any atom is -0.494 e. The van der Waals surface area contributed by atoms with Crippen LogP contribution in [-0.2, 0) is 17.6 Å². The fraction of sp³-hybridized carbons (Fsp3) is 0.333. The maximum Gasteiger partial charge on any atom is 0.251 e. The molecule has 0 fully saturated rings. The Morgan fingerprint density at radius 2 is 1.96 bits per heavy atom. The van der Waals surface area contributed by atoms with E-state index in [0.29, 0.717) is 17.2 Å². The Morgan fingerprint density at radius 3 is 2.67 bits per heavy atom.